The van der Waals surface area contributed by atoms with Crippen molar-refractivity contribution in [1.29, 1.82) is 0 Å². The van der Waals surface area contributed by atoms with Gasteiger partial charge in [0.15, 0.2) is 0 Å². The first-order valence-corrected chi connectivity index (χ1v) is 7.67. The summed E-state index contributed by atoms with van der Waals surface area (Å²) in [5.74, 6) is 0. The number of pyridine rings is 1. The van der Waals surface area contributed by atoms with Crippen molar-refractivity contribution in [2.75, 3.05) is 0 Å². The van der Waals surface area contributed by atoms with E-state index < -0.39 is 18.3 Å². The summed E-state index contributed by atoms with van der Waals surface area (Å²) in [5, 5.41) is 8.48. The van der Waals surface area contributed by atoms with E-state index in [1.807, 2.05) is 0 Å². The number of aromatic nitrogens is 1. The zero-order valence-corrected chi connectivity index (χ0v) is 14.6. The summed E-state index contributed by atoms with van der Waals surface area (Å²) in [7, 11) is 0. The second-order valence-corrected chi connectivity index (χ2v) is 6.21. The number of nitrogens with zero attached hydrogens (tertiary/aromatic N) is 1. The molecule has 0 fully saturated rings. The van der Waals surface area contributed by atoms with Crippen LogP contribution < -0.4 is 0 Å². The monoisotopic (exact) mass is 423 g/mol. The Hall–Kier alpha value is -0.430. The molecule has 0 amide bonds. The van der Waals surface area contributed by atoms with Gasteiger partial charge in [-0.05, 0) is 6.07 Å². The topological polar surface area (TPSA) is 33.1 Å². The van der Waals surface area contributed by atoms with Gasteiger partial charge >= 0.3 is 6.18 Å². The van der Waals surface area contributed by atoms with Gasteiger partial charge in [0.2, 0.25) is 0 Å². The molecule has 2 aromatic rings. The molecule has 0 aliphatic heterocycles. The molecule has 2 rings (SSSR count). The largest absolute Gasteiger partial charge is 0.417 e. The summed E-state index contributed by atoms with van der Waals surface area (Å²) in [5.41, 5.74) is -1.34. The number of alkyl halides is 3. The number of aliphatic hydroxyl groups excluding tert-OH is 1. The molecule has 0 radical (unpaired) electrons. The van der Waals surface area contributed by atoms with E-state index in [9.17, 15) is 18.3 Å². The Morgan fingerprint density at radius 1 is 0.913 bits per heavy atom. The van der Waals surface area contributed by atoms with Crippen molar-refractivity contribution in [3.05, 3.63) is 48.6 Å². The molecule has 0 bridgehead atoms. The van der Waals surface area contributed by atoms with Crippen LogP contribution in [0.5, 0.6) is 0 Å². The highest BCUT2D eigenvalue weighted by Gasteiger charge is 2.33. The van der Waals surface area contributed by atoms with Crippen molar-refractivity contribution >= 4 is 58.0 Å². The van der Waals surface area contributed by atoms with Gasteiger partial charge in [-0.1, -0.05) is 58.0 Å². The standard InChI is InChI=1S/C13H5Cl5F3NO/c14-8-7(9(15)11(17)12(18)10(8)16)5-1-4(13(19,20)21)2-22-6(5)3-23/h1-2,23H,3H2. The van der Waals surface area contributed by atoms with Crippen LogP contribution in [-0.4, -0.2) is 10.1 Å². The van der Waals surface area contributed by atoms with E-state index in [1.165, 1.54) is 0 Å². The molecule has 0 spiro atoms. The quantitative estimate of drug-likeness (QED) is 0.439. The summed E-state index contributed by atoms with van der Waals surface area (Å²) in [6, 6.07) is 0.756. The lowest BCUT2D eigenvalue weighted by atomic mass is 10.0. The van der Waals surface area contributed by atoms with Crippen molar-refractivity contribution < 1.29 is 18.3 Å². The van der Waals surface area contributed by atoms with Crippen molar-refractivity contribution in [3.63, 3.8) is 0 Å². The van der Waals surface area contributed by atoms with E-state index in [1.54, 1.807) is 0 Å². The molecule has 0 unspecified atom stereocenters. The summed E-state index contributed by atoms with van der Waals surface area (Å²) < 4.78 is 38.7. The minimum absolute atomic E-state index is 0.0729. The van der Waals surface area contributed by atoms with Crippen LogP contribution in [0.3, 0.4) is 0 Å². The molecule has 1 aromatic heterocycles. The minimum Gasteiger partial charge on any atom is -0.390 e. The zero-order chi connectivity index (χ0) is 17.5. The molecule has 0 saturated carbocycles. The average molecular weight is 425 g/mol. The van der Waals surface area contributed by atoms with Gasteiger partial charge in [0, 0.05) is 17.3 Å². The van der Waals surface area contributed by atoms with Gasteiger partial charge in [-0.3, -0.25) is 4.98 Å². The van der Waals surface area contributed by atoms with Crippen molar-refractivity contribution in [2.45, 2.75) is 12.8 Å². The van der Waals surface area contributed by atoms with Gasteiger partial charge in [-0.15, -0.1) is 0 Å². The van der Waals surface area contributed by atoms with Gasteiger partial charge in [0.1, 0.15) is 0 Å². The third-order valence-corrected chi connectivity index (χ3v) is 5.20. The van der Waals surface area contributed by atoms with Gasteiger partial charge in [0.05, 0.1) is 43.0 Å². The third-order valence-electron chi connectivity index (χ3n) is 2.93. The molecular formula is C13H5Cl5F3NO. The second kappa shape index (κ2) is 6.82. The van der Waals surface area contributed by atoms with Crippen LogP contribution in [0.1, 0.15) is 11.3 Å². The molecule has 0 atom stereocenters. The number of hydrogen-bond donors (Lipinski definition) is 1. The number of halogens is 8. The highest BCUT2D eigenvalue weighted by Crippen LogP contribution is 2.49. The highest BCUT2D eigenvalue weighted by molar-refractivity contribution is 6.56. The summed E-state index contributed by atoms with van der Waals surface area (Å²) in [6.45, 7) is -0.641. The first-order valence-electron chi connectivity index (χ1n) is 5.78. The van der Waals surface area contributed by atoms with Crippen LogP contribution in [0.15, 0.2) is 12.3 Å². The molecular weight excluding hydrogens is 420 g/mol. The molecule has 0 saturated heterocycles. The van der Waals surface area contributed by atoms with Crippen LogP contribution in [0.4, 0.5) is 13.2 Å². The summed E-state index contributed by atoms with van der Waals surface area (Å²) >= 11 is 29.8. The normalized spacial score (nSPS) is 11.9. The second-order valence-electron chi connectivity index (χ2n) is 4.32. The predicted octanol–water partition coefficient (Wildman–Crippen LogP) is 6.53. The zero-order valence-electron chi connectivity index (χ0n) is 10.8. The van der Waals surface area contributed by atoms with Gasteiger partial charge in [-0.2, -0.15) is 13.2 Å². The SMILES string of the molecule is OCc1ncc(C(F)(F)F)cc1-c1c(Cl)c(Cl)c(Cl)c(Cl)c1Cl. The molecule has 1 heterocycles. The Labute approximate surface area is 153 Å². The molecule has 23 heavy (non-hydrogen) atoms. The lowest BCUT2D eigenvalue weighted by Gasteiger charge is -2.16. The lowest BCUT2D eigenvalue weighted by molar-refractivity contribution is -0.137. The van der Waals surface area contributed by atoms with E-state index in [4.69, 9.17) is 58.0 Å². The maximum atomic E-state index is 12.9. The molecule has 10 heteroatoms. The number of aliphatic hydroxyl groups is 1. The van der Waals surface area contributed by atoms with E-state index in [0.29, 0.717) is 6.20 Å². The van der Waals surface area contributed by atoms with Crippen molar-refractivity contribution in [3.8, 4) is 11.1 Å². The van der Waals surface area contributed by atoms with Crippen LogP contribution in [-0.2, 0) is 12.8 Å². The van der Waals surface area contributed by atoms with Gasteiger partial charge in [-0.25, -0.2) is 0 Å². The molecule has 2 nitrogen and oxygen atoms in total. The first-order chi connectivity index (χ1) is 10.6. The maximum Gasteiger partial charge on any atom is 0.417 e. The van der Waals surface area contributed by atoms with Gasteiger partial charge in [0.25, 0.3) is 0 Å². The molecule has 1 N–H and O–H groups in total. The lowest BCUT2D eigenvalue weighted by Crippen LogP contribution is -2.08. The molecule has 1 aromatic carbocycles. The highest BCUT2D eigenvalue weighted by atomic mass is 35.5. The van der Waals surface area contributed by atoms with E-state index in [0.717, 1.165) is 6.07 Å². The Bertz CT molecular complexity index is 750. The predicted molar refractivity (Wildman–Crippen MR) is 85.6 cm³/mol. The van der Waals surface area contributed by atoms with Crippen molar-refractivity contribution in [1.82, 2.24) is 4.98 Å². The van der Waals surface area contributed by atoms with Crippen molar-refractivity contribution in [2.24, 2.45) is 0 Å². The Morgan fingerprint density at radius 3 is 1.83 bits per heavy atom. The fraction of sp³-hybridized carbons (Fsp3) is 0.154. The third kappa shape index (κ3) is 3.50. The Balaban J connectivity index is 2.86. The average Bonchev–Trinajstić information content (AvgIpc) is 2.50. The fourth-order valence-electron chi connectivity index (χ4n) is 1.83. The number of hydrogen-bond acceptors (Lipinski definition) is 2. The molecule has 124 valence electrons. The number of rotatable bonds is 2. The van der Waals surface area contributed by atoms with Crippen LogP contribution >= 0.6 is 58.0 Å². The molecule has 0 aliphatic carbocycles. The summed E-state index contributed by atoms with van der Waals surface area (Å²) in [6.07, 6.45) is -4.05. The fourth-order valence-corrected chi connectivity index (χ4v) is 3.17. The first kappa shape index (κ1) is 18.9. The smallest absolute Gasteiger partial charge is 0.390 e. The summed E-state index contributed by atoms with van der Waals surface area (Å²) in [4.78, 5) is 3.60. The molecule has 0 aliphatic rings. The Morgan fingerprint density at radius 2 is 1.39 bits per heavy atom. The van der Waals surface area contributed by atoms with E-state index in [2.05, 4.69) is 4.98 Å². The maximum absolute atomic E-state index is 12.9. The van der Waals surface area contributed by atoms with Crippen LogP contribution in [0, 0.1) is 0 Å². The number of benzene rings is 1. The Kier molecular flexibility index (Phi) is 5.61. The van der Waals surface area contributed by atoms with Crippen LogP contribution in [0.25, 0.3) is 11.1 Å². The van der Waals surface area contributed by atoms with E-state index >= 15 is 0 Å². The minimum atomic E-state index is -4.64. The van der Waals surface area contributed by atoms with Gasteiger partial charge < -0.3 is 5.11 Å². The van der Waals surface area contributed by atoms with Crippen LogP contribution in [0.2, 0.25) is 25.1 Å². The van der Waals surface area contributed by atoms with E-state index in [-0.39, 0.29) is 41.9 Å².